The first-order valence-electron chi connectivity index (χ1n) is 3.45. The van der Waals surface area contributed by atoms with E-state index in [1.807, 2.05) is 30.7 Å². The van der Waals surface area contributed by atoms with Crippen LogP contribution in [0.25, 0.3) is 0 Å². The minimum absolute atomic E-state index is 0.590. The minimum Gasteiger partial charge on any atom is -0.126 e. The number of benzene rings is 1. The number of hydrogen-bond donors (Lipinski definition) is 0. The summed E-state index contributed by atoms with van der Waals surface area (Å²) in [5, 5.41) is 0.783. The van der Waals surface area contributed by atoms with Crippen molar-refractivity contribution in [3.8, 4) is 0 Å². The van der Waals surface area contributed by atoms with E-state index in [0.717, 1.165) is 11.4 Å². The molecule has 0 unspecified atom stereocenters. The van der Waals surface area contributed by atoms with Gasteiger partial charge >= 0.3 is 0 Å². The van der Waals surface area contributed by atoms with Gasteiger partial charge in [-0.3, -0.25) is 0 Å². The maximum Gasteiger partial charge on any atom is 0.0408 e. The van der Waals surface area contributed by atoms with Crippen molar-refractivity contribution in [3.05, 3.63) is 41.3 Å². The first-order chi connectivity index (χ1) is 5.33. The first kappa shape index (κ1) is 8.89. The second-order valence-electron chi connectivity index (χ2n) is 2.28. The topological polar surface area (TPSA) is 0 Å². The lowest BCUT2D eigenvalue weighted by Crippen LogP contribution is -1.86. The van der Waals surface area contributed by atoms with Gasteiger partial charge in [-0.2, -0.15) is 0 Å². The zero-order chi connectivity index (χ0) is 8.10. The molecule has 0 aromatic heterocycles. The summed E-state index contributed by atoms with van der Waals surface area (Å²) < 4.78 is 0. The van der Waals surface area contributed by atoms with Gasteiger partial charge in [0, 0.05) is 10.9 Å². The van der Waals surface area contributed by atoms with Crippen LogP contribution >= 0.6 is 23.2 Å². The highest BCUT2D eigenvalue weighted by molar-refractivity contribution is 6.30. The van der Waals surface area contributed by atoms with E-state index in [0.29, 0.717) is 5.88 Å². The lowest BCUT2D eigenvalue weighted by molar-refractivity contribution is 1.15. The van der Waals surface area contributed by atoms with Gasteiger partial charge in [-0.25, -0.2) is 0 Å². The van der Waals surface area contributed by atoms with E-state index in [9.17, 15) is 0 Å². The highest BCUT2D eigenvalue weighted by Gasteiger charge is 1.92. The van der Waals surface area contributed by atoms with E-state index < -0.39 is 0 Å². The van der Waals surface area contributed by atoms with Crippen LogP contribution < -0.4 is 0 Å². The van der Waals surface area contributed by atoms with Gasteiger partial charge in [-0.05, 0) is 30.5 Å². The first-order valence-corrected chi connectivity index (χ1v) is 4.36. The lowest BCUT2D eigenvalue weighted by atomic mass is 10.1. The largest absolute Gasteiger partial charge is 0.126 e. The Hall–Kier alpha value is -0.200. The molecule has 0 saturated heterocycles. The Bertz CT molecular complexity index is 221. The fraction of sp³-hybridized carbons (Fsp3) is 0.222. The van der Waals surface area contributed by atoms with E-state index >= 15 is 0 Å². The van der Waals surface area contributed by atoms with Crippen LogP contribution in [0, 0.1) is 6.42 Å². The number of hydrogen-bond acceptors (Lipinski definition) is 0. The third-order valence-corrected chi connectivity index (χ3v) is 1.83. The van der Waals surface area contributed by atoms with Gasteiger partial charge in [-0.1, -0.05) is 23.7 Å². The Balaban J connectivity index is 2.56. The molecule has 0 aliphatic carbocycles. The summed E-state index contributed by atoms with van der Waals surface area (Å²) in [4.78, 5) is 0. The molecule has 0 fully saturated rings. The van der Waals surface area contributed by atoms with Crippen LogP contribution in [0.2, 0.25) is 5.02 Å². The zero-order valence-corrected chi connectivity index (χ0v) is 7.57. The van der Waals surface area contributed by atoms with Crippen LogP contribution in [0.4, 0.5) is 0 Å². The zero-order valence-electron chi connectivity index (χ0n) is 6.06. The van der Waals surface area contributed by atoms with Crippen LogP contribution in [0.3, 0.4) is 0 Å². The van der Waals surface area contributed by atoms with E-state index in [4.69, 9.17) is 23.2 Å². The number of alkyl halides is 1. The van der Waals surface area contributed by atoms with Gasteiger partial charge in [0.2, 0.25) is 0 Å². The summed E-state index contributed by atoms with van der Waals surface area (Å²) in [5.41, 5.74) is 1.21. The Morgan fingerprint density at radius 1 is 1.36 bits per heavy atom. The van der Waals surface area contributed by atoms with Crippen LogP contribution in [-0.4, -0.2) is 5.88 Å². The van der Waals surface area contributed by atoms with E-state index in [-0.39, 0.29) is 0 Å². The molecule has 0 atom stereocenters. The van der Waals surface area contributed by atoms with E-state index in [2.05, 4.69) is 0 Å². The molecule has 2 heteroatoms. The maximum absolute atomic E-state index is 5.78. The van der Waals surface area contributed by atoms with Crippen LogP contribution in [0.1, 0.15) is 5.56 Å². The standard InChI is InChI=1S/C9H9Cl2/c10-6-2-4-8-3-1-5-9(11)7-8/h1-3,5,7H,4,6H2. The van der Waals surface area contributed by atoms with Crippen molar-refractivity contribution in [2.24, 2.45) is 0 Å². The van der Waals surface area contributed by atoms with Crippen molar-refractivity contribution >= 4 is 23.2 Å². The summed E-state index contributed by atoms with van der Waals surface area (Å²) in [6, 6.07) is 7.80. The second-order valence-corrected chi connectivity index (χ2v) is 3.02. The predicted molar refractivity (Wildman–Crippen MR) is 50.2 cm³/mol. The molecule has 0 amide bonds. The minimum atomic E-state index is 0.590. The van der Waals surface area contributed by atoms with E-state index in [1.54, 1.807) is 0 Å². The highest BCUT2D eigenvalue weighted by Crippen LogP contribution is 2.11. The summed E-state index contributed by atoms with van der Waals surface area (Å²) >= 11 is 11.3. The molecule has 0 saturated carbocycles. The van der Waals surface area contributed by atoms with Crippen molar-refractivity contribution in [1.29, 1.82) is 0 Å². The van der Waals surface area contributed by atoms with Crippen molar-refractivity contribution in [2.75, 3.05) is 5.88 Å². The fourth-order valence-electron chi connectivity index (χ4n) is 0.885. The molecular formula is C9H9Cl2. The quantitative estimate of drug-likeness (QED) is 0.638. The van der Waals surface area contributed by atoms with E-state index in [1.165, 1.54) is 5.56 Å². The Morgan fingerprint density at radius 3 is 2.82 bits per heavy atom. The number of halogens is 2. The van der Waals surface area contributed by atoms with Crippen molar-refractivity contribution in [3.63, 3.8) is 0 Å². The average molecular weight is 188 g/mol. The number of rotatable bonds is 3. The molecule has 0 spiro atoms. The molecule has 11 heavy (non-hydrogen) atoms. The molecule has 0 bridgehead atoms. The monoisotopic (exact) mass is 187 g/mol. The lowest BCUT2D eigenvalue weighted by Gasteiger charge is -1.97. The normalized spacial score (nSPS) is 10.0. The summed E-state index contributed by atoms with van der Waals surface area (Å²) in [7, 11) is 0. The molecule has 0 heterocycles. The van der Waals surface area contributed by atoms with Gasteiger partial charge < -0.3 is 0 Å². The summed E-state index contributed by atoms with van der Waals surface area (Å²) in [6.07, 6.45) is 2.90. The van der Waals surface area contributed by atoms with Gasteiger partial charge in [0.1, 0.15) is 0 Å². The fourth-order valence-corrected chi connectivity index (χ4v) is 1.21. The molecule has 0 nitrogen and oxygen atoms in total. The molecular weight excluding hydrogens is 179 g/mol. The van der Waals surface area contributed by atoms with Crippen LogP contribution in [0.15, 0.2) is 24.3 Å². The molecule has 0 aliphatic rings. The Labute approximate surface area is 77.1 Å². The molecule has 1 radical (unpaired) electrons. The summed E-state index contributed by atoms with van der Waals surface area (Å²) in [5.74, 6) is 0.590. The van der Waals surface area contributed by atoms with Crippen molar-refractivity contribution in [1.82, 2.24) is 0 Å². The third kappa shape index (κ3) is 3.13. The molecule has 1 aromatic carbocycles. The predicted octanol–water partition coefficient (Wildman–Crippen LogP) is 3.33. The second kappa shape index (κ2) is 4.63. The molecule has 1 rings (SSSR count). The van der Waals surface area contributed by atoms with Gasteiger partial charge in [-0.15, -0.1) is 11.6 Å². The van der Waals surface area contributed by atoms with Gasteiger partial charge in [0.05, 0.1) is 0 Å². The molecule has 0 N–H and O–H groups in total. The molecule has 1 aromatic rings. The third-order valence-electron chi connectivity index (χ3n) is 1.38. The maximum atomic E-state index is 5.78. The highest BCUT2D eigenvalue weighted by atomic mass is 35.5. The van der Waals surface area contributed by atoms with Crippen molar-refractivity contribution in [2.45, 2.75) is 6.42 Å². The Morgan fingerprint density at radius 2 is 2.18 bits per heavy atom. The van der Waals surface area contributed by atoms with Crippen molar-refractivity contribution < 1.29 is 0 Å². The van der Waals surface area contributed by atoms with Crippen LogP contribution in [0.5, 0.6) is 0 Å². The van der Waals surface area contributed by atoms with Crippen LogP contribution in [-0.2, 0) is 6.42 Å². The van der Waals surface area contributed by atoms with Gasteiger partial charge in [0.25, 0.3) is 0 Å². The van der Waals surface area contributed by atoms with Gasteiger partial charge in [0.15, 0.2) is 0 Å². The average Bonchev–Trinajstić information content (AvgIpc) is 2.01. The Kier molecular flexibility index (Phi) is 3.74. The summed E-state index contributed by atoms with van der Waals surface area (Å²) in [6.45, 7) is 0. The SMILES string of the molecule is ClC[CH]Cc1cccc(Cl)c1. The smallest absolute Gasteiger partial charge is 0.0408 e. The molecule has 0 aliphatic heterocycles. The molecule has 59 valence electrons.